The number of carbonyl (C=O) groups is 1. The van der Waals surface area contributed by atoms with Crippen LogP contribution in [-0.2, 0) is 9.84 Å². The Morgan fingerprint density at radius 2 is 1.82 bits per heavy atom. The number of hydrogen-bond acceptors (Lipinski definition) is 3. The summed E-state index contributed by atoms with van der Waals surface area (Å²) in [4.78, 5) is 12.0. The Balaban J connectivity index is 3.24. The number of hydrogen-bond donors (Lipinski definition) is 0. The Hall–Kier alpha value is -0.940. The molecule has 0 aliphatic carbocycles. The van der Waals surface area contributed by atoms with E-state index in [4.69, 9.17) is 11.6 Å². The van der Waals surface area contributed by atoms with Gasteiger partial charge >= 0.3 is 0 Å². The predicted octanol–water partition coefficient (Wildman–Crippen LogP) is 2.40. The second kappa shape index (κ2) is 4.74. The van der Waals surface area contributed by atoms with Gasteiger partial charge in [0.25, 0.3) is 0 Å². The molecule has 0 fully saturated rings. The van der Waals surface area contributed by atoms with Gasteiger partial charge in [-0.25, -0.2) is 12.8 Å². The van der Waals surface area contributed by atoms with E-state index in [1.807, 2.05) is 0 Å². The third-order valence-electron chi connectivity index (χ3n) is 2.49. The average Bonchev–Trinajstić information content (AvgIpc) is 2.26. The van der Waals surface area contributed by atoms with Crippen LogP contribution in [0.3, 0.4) is 0 Å². The molecule has 0 aromatic heterocycles. The lowest BCUT2D eigenvalue weighted by Crippen LogP contribution is -2.40. The van der Waals surface area contributed by atoms with Crippen molar-refractivity contribution in [3.63, 3.8) is 0 Å². The minimum Gasteiger partial charge on any atom is -0.291 e. The average molecular weight is 279 g/mol. The fraction of sp³-hybridized carbons (Fsp3) is 0.364. The van der Waals surface area contributed by atoms with Gasteiger partial charge in [-0.2, -0.15) is 0 Å². The van der Waals surface area contributed by atoms with E-state index in [1.54, 1.807) is 0 Å². The van der Waals surface area contributed by atoms with Crippen molar-refractivity contribution in [1.82, 2.24) is 0 Å². The third-order valence-corrected chi connectivity index (χ3v) is 5.42. The first-order valence-corrected chi connectivity index (χ1v) is 7.18. The second-order valence-corrected chi connectivity index (χ2v) is 6.80. The summed E-state index contributed by atoms with van der Waals surface area (Å²) in [5, 5.41) is 0. The number of carbonyl (C=O) groups excluding carboxylic acids is 1. The first-order valence-electron chi connectivity index (χ1n) is 4.91. The van der Waals surface area contributed by atoms with E-state index < -0.39 is 25.6 Å². The molecule has 6 heteroatoms. The second-order valence-electron chi connectivity index (χ2n) is 3.69. The molecule has 0 radical (unpaired) electrons. The summed E-state index contributed by atoms with van der Waals surface area (Å²) in [5.74, 6) is -1.23. The standard InChI is InChI=1S/C11H12ClFO3S/c1-3-11(12,17(2,15)16)10(14)8-4-6-9(13)7-5-8/h4-7H,3H2,1-2H3/t11-/m1/s1. The van der Waals surface area contributed by atoms with Crippen molar-refractivity contribution in [3.8, 4) is 0 Å². The Bertz CT molecular complexity index is 524. The van der Waals surface area contributed by atoms with E-state index in [0.717, 1.165) is 18.4 Å². The predicted molar refractivity (Wildman–Crippen MR) is 64.4 cm³/mol. The number of sulfone groups is 1. The SMILES string of the molecule is CC[C@](Cl)(C(=O)c1ccc(F)cc1)S(C)(=O)=O. The van der Waals surface area contributed by atoms with Gasteiger partial charge in [0, 0.05) is 11.8 Å². The largest absolute Gasteiger partial charge is 0.291 e. The minimum absolute atomic E-state index is 0.0520. The smallest absolute Gasteiger partial charge is 0.207 e. The highest BCUT2D eigenvalue weighted by molar-refractivity contribution is 7.94. The lowest BCUT2D eigenvalue weighted by Gasteiger charge is -2.21. The molecule has 17 heavy (non-hydrogen) atoms. The van der Waals surface area contributed by atoms with Crippen molar-refractivity contribution in [2.24, 2.45) is 0 Å². The van der Waals surface area contributed by atoms with Crippen LogP contribution < -0.4 is 0 Å². The van der Waals surface area contributed by atoms with Gasteiger partial charge in [0.15, 0.2) is 15.6 Å². The van der Waals surface area contributed by atoms with Crippen LogP contribution in [-0.4, -0.2) is 24.7 Å². The van der Waals surface area contributed by atoms with Gasteiger partial charge in [-0.1, -0.05) is 18.5 Å². The van der Waals surface area contributed by atoms with Crippen LogP contribution in [0.4, 0.5) is 4.39 Å². The third kappa shape index (κ3) is 2.66. The van der Waals surface area contributed by atoms with E-state index >= 15 is 0 Å². The van der Waals surface area contributed by atoms with Gasteiger partial charge in [0.1, 0.15) is 5.82 Å². The van der Waals surface area contributed by atoms with E-state index in [9.17, 15) is 17.6 Å². The molecule has 0 amide bonds. The van der Waals surface area contributed by atoms with E-state index in [2.05, 4.69) is 0 Å². The maximum absolute atomic E-state index is 12.7. The first kappa shape index (κ1) is 14.1. The van der Waals surface area contributed by atoms with Crippen LogP contribution in [0, 0.1) is 5.82 Å². The summed E-state index contributed by atoms with van der Waals surface area (Å²) in [7, 11) is -3.75. The summed E-state index contributed by atoms with van der Waals surface area (Å²) in [6.07, 6.45) is 0.856. The zero-order chi connectivity index (χ0) is 13.3. The fourth-order valence-electron chi connectivity index (χ4n) is 1.41. The van der Waals surface area contributed by atoms with Crippen molar-refractivity contribution >= 4 is 27.2 Å². The topological polar surface area (TPSA) is 51.2 Å². The van der Waals surface area contributed by atoms with Gasteiger partial charge in [0.2, 0.25) is 4.21 Å². The molecule has 0 N–H and O–H groups in total. The van der Waals surface area contributed by atoms with E-state index in [1.165, 1.54) is 19.1 Å². The molecule has 0 saturated heterocycles. The number of Topliss-reactive ketones (excluding diaryl/α,β-unsaturated/α-hetero) is 1. The molecule has 0 aliphatic rings. The Kier molecular flexibility index (Phi) is 3.94. The molecule has 0 aliphatic heterocycles. The molecule has 1 aromatic rings. The van der Waals surface area contributed by atoms with Crippen molar-refractivity contribution in [2.75, 3.05) is 6.26 Å². The highest BCUT2D eigenvalue weighted by Gasteiger charge is 2.44. The lowest BCUT2D eigenvalue weighted by atomic mass is 10.1. The molecule has 1 atom stereocenters. The summed E-state index contributed by atoms with van der Waals surface area (Å²) in [5.41, 5.74) is 0.0775. The van der Waals surface area contributed by atoms with E-state index in [0.29, 0.717) is 0 Å². The van der Waals surface area contributed by atoms with Crippen LogP contribution in [0.5, 0.6) is 0 Å². The van der Waals surface area contributed by atoms with Crippen LogP contribution in [0.15, 0.2) is 24.3 Å². The highest BCUT2D eigenvalue weighted by atomic mass is 35.5. The van der Waals surface area contributed by atoms with Crippen LogP contribution in [0.1, 0.15) is 23.7 Å². The minimum atomic E-state index is -3.75. The quantitative estimate of drug-likeness (QED) is 0.628. The maximum atomic E-state index is 12.7. The normalized spacial score (nSPS) is 15.3. The molecule has 94 valence electrons. The molecule has 0 spiro atoms. The first-order chi connectivity index (χ1) is 7.72. The van der Waals surface area contributed by atoms with Crippen molar-refractivity contribution in [1.29, 1.82) is 0 Å². The Morgan fingerprint density at radius 1 is 1.35 bits per heavy atom. The van der Waals surface area contributed by atoms with Gasteiger partial charge < -0.3 is 0 Å². The summed E-state index contributed by atoms with van der Waals surface area (Å²) < 4.78 is 33.8. The number of alkyl halides is 1. The van der Waals surface area contributed by atoms with Crippen LogP contribution in [0.25, 0.3) is 0 Å². The Labute approximate surface area is 105 Å². The van der Waals surface area contributed by atoms with Crippen molar-refractivity contribution < 1.29 is 17.6 Å². The zero-order valence-corrected chi connectivity index (χ0v) is 11.0. The van der Waals surface area contributed by atoms with Gasteiger partial charge in [-0.05, 0) is 30.7 Å². The molecular weight excluding hydrogens is 267 g/mol. The zero-order valence-electron chi connectivity index (χ0n) is 9.41. The molecule has 0 unspecified atom stereocenters. The van der Waals surface area contributed by atoms with Crippen molar-refractivity contribution in [3.05, 3.63) is 35.6 Å². The molecule has 1 rings (SSSR count). The van der Waals surface area contributed by atoms with Gasteiger partial charge in [0.05, 0.1) is 0 Å². The fourth-order valence-corrected chi connectivity index (χ4v) is 2.50. The number of halogens is 2. The number of ketones is 1. The summed E-state index contributed by atoms with van der Waals surface area (Å²) >= 11 is 5.89. The van der Waals surface area contributed by atoms with Crippen LogP contribution in [0.2, 0.25) is 0 Å². The Morgan fingerprint density at radius 3 is 2.18 bits per heavy atom. The van der Waals surface area contributed by atoms with E-state index in [-0.39, 0.29) is 12.0 Å². The molecule has 0 saturated carbocycles. The number of rotatable bonds is 4. The highest BCUT2D eigenvalue weighted by Crippen LogP contribution is 2.30. The summed E-state index contributed by atoms with van der Waals surface area (Å²) in [6, 6.07) is 4.61. The molecule has 0 heterocycles. The molecule has 3 nitrogen and oxygen atoms in total. The number of benzene rings is 1. The van der Waals surface area contributed by atoms with Gasteiger partial charge in [-0.15, -0.1) is 0 Å². The summed E-state index contributed by atoms with van der Waals surface area (Å²) in [6.45, 7) is 1.51. The van der Waals surface area contributed by atoms with Gasteiger partial charge in [-0.3, -0.25) is 4.79 Å². The molecule has 1 aromatic carbocycles. The maximum Gasteiger partial charge on any atom is 0.207 e. The van der Waals surface area contributed by atoms with Crippen molar-refractivity contribution in [2.45, 2.75) is 17.6 Å². The monoisotopic (exact) mass is 278 g/mol. The van der Waals surface area contributed by atoms with Crippen LogP contribution >= 0.6 is 11.6 Å². The molecular formula is C11H12ClFO3S. The lowest BCUT2D eigenvalue weighted by molar-refractivity contribution is 0.0970. The molecule has 0 bridgehead atoms.